The lowest BCUT2D eigenvalue weighted by Gasteiger charge is -2.35. The van der Waals surface area contributed by atoms with Crippen LogP contribution in [0.5, 0.6) is 0 Å². The molecular weight excluding hydrogens is 366 g/mol. The predicted molar refractivity (Wildman–Crippen MR) is 112 cm³/mol. The Balaban J connectivity index is 1.78. The van der Waals surface area contributed by atoms with Crippen LogP contribution < -0.4 is 0 Å². The third kappa shape index (κ3) is 4.85. The van der Waals surface area contributed by atoms with Crippen molar-refractivity contribution < 1.29 is 8.78 Å². The van der Waals surface area contributed by atoms with Crippen molar-refractivity contribution in [3.8, 4) is 6.07 Å². The van der Waals surface area contributed by atoms with Gasteiger partial charge in [0.25, 0.3) is 0 Å². The summed E-state index contributed by atoms with van der Waals surface area (Å²) >= 11 is 0. The van der Waals surface area contributed by atoms with Gasteiger partial charge in [0.15, 0.2) is 11.6 Å². The lowest BCUT2D eigenvalue weighted by molar-refractivity contribution is 0.211. The molecule has 0 aliphatic heterocycles. The van der Waals surface area contributed by atoms with Crippen molar-refractivity contribution >= 4 is 0 Å². The van der Waals surface area contributed by atoms with Crippen molar-refractivity contribution in [2.75, 3.05) is 7.05 Å². The van der Waals surface area contributed by atoms with Crippen molar-refractivity contribution in [2.24, 2.45) is 5.92 Å². The van der Waals surface area contributed by atoms with Gasteiger partial charge in [-0.1, -0.05) is 49.2 Å². The highest BCUT2D eigenvalue weighted by Crippen LogP contribution is 2.45. The summed E-state index contributed by atoms with van der Waals surface area (Å²) in [6.07, 6.45) is 5.62. The first-order chi connectivity index (χ1) is 14.0. The molecule has 1 aliphatic carbocycles. The number of halogens is 2. The van der Waals surface area contributed by atoms with Crippen LogP contribution in [0.3, 0.4) is 0 Å². The second-order valence-corrected chi connectivity index (χ2v) is 8.48. The van der Waals surface area contributed by atoms with Crippen LogP contribution >= 0.6 is 0 Å². The maximum absolute atomic E-state index is 14.0. The Labute approximate surface area is 173 Å². The van der Waals surface area contributed by atoms with E-state index >= 15 is 0 Å². The maximum atomic E-state index is 14.0. The van der Waals surface area contributed by atoms with Crippen molar-refractivity contribution in [3.05, 3.63) is 71.3 Å². The largest absolute Gasteiger partial charge is 0.299 e. The summed E-state index contributed by atoms with van der Waals surface area (Å²) in [6, 6.07) is 17.2. The zero-order valence-electron chi connectivity index (χ0n) is 17.4. The van der Waals surface area contributed by atoms with Crippen LogP contribution in [0.1, 0.15) is 56.6 Å². The van der Waals surface area contributed by atoms with Crippen LogP contribution in [-0.4, -0.2) is 18.0 Å². The topological polar surface area (TPSA) is 27.0 Å². The van der Waals surface area contributed by atoms with Crippen LogP contribution in [0, 0.1) is 28.9 Å². The van der Waals surface area contributed by atoms with Gasteiger partial charge in [0.05, 0.1) is 11.5 Å². The van der Waals surface area contributed by atoms with Crippen LogP contribution in [0.25, 0.3) is 0 Å². The Hall–Kier alpha value is -2.25. The minimum absolute atomic E-state index is 0.198. The number of rotatable bonds is 8. The quantitative estimate of drug-likeness (QED) is 0.530. The molecule has 0 saturated heterocycles. The number of nitriles is 1. The second kappa shape index (κ2) is 9.50. The van der Waals surface area contributed by atoms with Crippen molar-refractivity contribution in [3.63, 3.8) is 0 Å². The third-order valence-corrected chi connectivity index (χ3v) is 6.67. The highest BCUT2D eigenvalue weighted by atomic mass is 19.2. The van der Waals surface area contributed by atoms with E-state index in [4.69, 9.17) is 0 Å². The molecule has 0 amide bonds. The van der Waals surface area contributed by atoms with E-state index in [1.807, 2.05) is 18.2 Å². The lowest BCUT2D eigenvalue weighted by atomic mass is 9.67. The van der Waals surface area contributed by atoms with E-state index in [1.165, 1.54) is 11.6 Å². The monoisotopic (exact) mass is 396 g/mol. The maximum Gasteiger partial charge on any atom is 0.159 e. The van der Waals surface area contributed by atoms with Gasteiger partial charge in [-0.3, -0.25) is 4.90 Å². The Bertz CT molecular complexity index is 840. The van der Waals surface area contributed by atoms with E-state index in [-0.39, 0.29) is 12.0 Å². The van der Waals surface area contributed by atoms with Crippen molar-refractivity contribution in [1.29, 1.82) is 5.26 Å². The van der Waals surface area contributed by atoms with Gasteiger partial charge in [0, 0.05) is 12.6 Å². The molecule has 0 spiro atoms. The average molecular weight is 397 g/mol. The molecule has 4 heteroatoms. The van der Waals surface area contributed by atoms with Gasteiger partial charge >= 0.3 is 0 Å². The highest BCUT2D eigenvalue weighted by Gasteiger charge is 2.42. The van der Waals surface area contributed by atoms with E-state index < -0.39 is 17.0 Å². The van der Waals surface area contributed by atoms with Gasteiger partial charge in [-0.2, -0.15) is 5.26 Å². The Morgan fingerprint density at radius 1 is 1.10 bits per heavy atom. The molecule has 154 valence electrons. The normalized spacial score (nSPS) is 17.8. The van der Waals surface area contributed by atoms with E-state index in [1.54, 1.807) is 6.07 Å². The highest BCUT2D eigenvalue weighted by molar-refractivity contribution is 5.35. The molecular formula is C25H30F2N2. The van der Waals surface area contributed by atoms with E-state index in [2.05, 4.69) is 37.1 Å². The zero-order valence-corrected chi connectivity index (χ0v) is 17.4. The molecule has 2 nitrogen and oxygen atoms in total. The molecule has 0 aromatic heterocycles. The molecule has 0 radical (unpaired) electrons. The summed E-state index contributed by atoms with van der Waals surface area (Å²) in [5.41, 5.74) is 1.13. The summed E-state index contributed by atoms with van der Waals surface area (Å²) in [6.45, 7) is 3.02. The van der Waals surface area contributed by atoms with Gasteiger partial charge in [-0.15, -0.1) is 0 Å². The van der Waals surface area contributed by atoms with E-state index in [9.17, 15) is 14.0 Å². The van der Waals surface area contributed by atoms with Crippen LogP contribution in [0.2, 0.25) is 0 Å². The summed E-state index contributed by atoms with van der Waals surface area (Å²) < 4.78 is 27.5. The first-order valence-electron chi connectivity index (χ1n) is 10.6. The molecule has 1 aliphatic rings. The Morgan fingerprint density at radius 3 is 2.41 bits per heavy atom. The van der Waals surface area contributed by atoms with Crippen molar-refractivity contribution in [1.82, 2.24) is 4.90 Å². The first kappa shape index (κ1) is 21.5. The SMILES string of the molecule is CC(CCC(C#N)(c1ccc(F)c(F)c1)C1CCCC1)N(C)Cc1ccccc1. The summed E-state index contributed by atoms with van der Waals surface area (Å²) in [4.78, 5) is 2.29. The minimum Gasteiger partial charge on any atom is -0.299 e. The predicted octanol–water partition coefficient (Wildman–Crippen LogP) is 6.22. The molecule has 0 bridgehead atoms. The smallest absolute Gasteiger partial charge is 0.159 e. The second-order valence-electron chi connectivity index (χ2n) is 8.48. The van der Waals surface area contributed by atoms with E-state index in [0.29, 0.717) is 12.0 Å². The van der Waals surface area contributed by atoms with Crippen LogP contribution in [0.4, 0.5) is 8.78 Å². The van der Waals surface area contributed by atoms with Gasteiger partial charge in [0.2, 0.25) is 0 Å². The number of hydrogen-bond acceptors (Lipinski definition) is 2. The van der Waals surface area contributed by atoms with Crippen LogP contribution in [0.15, 0.2) is 48.5 Å². The van der Waals surface area contributed by atoms with Crippen LogP contribution in [-0.2, 0) is 12.0 Å². The zero-order chi connectivity index (χ0) is 20.9. The number of nitrogens with zero attached hydrogens (tertiary/aromatic N) is 2. The molecule has 1 fully saturated rings. The lowest BCUT2D eigenvalue weighted by Crippen LogP contribution is -2.36. The van der Waals surface area contributed by atoms with Gasteiger partial charge in [-0.25, -0.2) is 8.78 Å². The first-order valence-corrected chi connectivity index (χ1v) is 10.6. The minimum atomic E-state index is -0.866. The van der Waals surface area contributed by atoms with Crippen molar-refractivity contribution in [2.45, 2.75) is 63.5 Å². The molecule has 1 saturated carbocycles. The Kier molecular flexibility index (Phi) is 7.03. The summed E-state index contributed by atoms with van der Waals surface area (Å²) in [5.74, 6) is -1.53. The summed E-state index contributed by atoms with van der Waals surface area (Å²) in [7, 11) is 2.10. The standard InChI is InChI=1S/C25H30F2N2/c1-19(29(2)17-20-8-4-3-5-9-20)14-15-25(18-28,21-10-6-7-11-21)22-12-13-23(26)24(27)16-22/h3-5,8-9,12-13,16,19,21H,6-7,10-11,14-15,17H2,1-2H3. The molecule has 2 aromatic rings. The molecule has 2 aromatic carbocycles. The Morgan fingerprint density at radius 2 is 1.79 bits per heavy atom. The number of hydrogen-bond donors (Lipinski definition) is 0. The molecule has 3 rings (SSSR count). The van der Waals surface area contributed by atoms with Gasteiger partial charge < -0.3 is 0 Å². The van der Waals surface area contributed by atoms with E-state index in [0.717, 1.165) is 44.7 Å². The fourth-order valence-corrected chi connectivity index (χ4v) is 4.67. The van der Waals surface area contributed by atoms with Gasteiger partial charge in [-0.05, 0) is 68.8 Å². The fourth-order valence-electron chi connectivity index (χ4n) is 4.67. The molecule has 2 unspecified atom stereocenters. The molecule has 0 heterocycles. The number of benzene rings is 2. The fraction of sp³-hybridized carbons (Fsp3) is 0.480. The van der Waals surface area contributed by atoms with Gasteiger partial charge in [0.1, 0.15) is 0 Å². The summed E-state index contributed by atoms with van der Waals surface area (Å²) in [5, 5.41) is 10.3. The molecule has 2 atom stereocenters. The third-order valence-electron chi connectivity index (χ3n) is 6.67. The average Bonchev–Trinajstić information content (AvgIpc) is 3.27. The molecule has 0 N–H and O–H groups in total. The molecule has 29 heavy (non-hydrogen) atoms.